The van der Waals surface area contributed by atoms with E-state index >= 15 is 0 Å². The molecule has 0 bridgehead atoms. The van der Waals surface area contributed by atoms with Gasteiger partial charge in [0.25, 0.3) is 0 Å². The van der Waals surface area contributed by atoms with Gasteiger partial charge in [-0.25, -0.2) is 0 Å². The zero-order chi connectivity index (χ0) is 14.8. The lowest BCUT2D eigenvalue weighted by Crippen LogP contribution is -2.19. The van der Waals surface area contributed by atoms with Crippen LogP contribution in [0.15, 0.2) is 29.3 Å². The number of unbranched alkanes of at least 4 members (excludes halogenated alkanes) is 1. The second-order valence-electron chi connectivity index (χ2n) is 4.66. The van der Waals surface area contributed by atoms with Crippen LogP contribution >= 0.6 is 15.9 Å². The van der Waals surface area contributed by atoms with E-state index in [2.05, 4.69) is 46.9 Å². The minimum Gasteiger partial charge on any atom is -0.493 e. The molecule has 0 aromatic heterocycles. The summed E-state index contributed by atoms with van der Waals surface area (Å²) in [5, 5.41) is 3.36. The highest BCUT2D eigenvalue weighted by Gasteiger charge is 2.09. The van der Waals surface area contributed by atoms with Crippen LogP contribution in [0.3, 0.4) is 0 Å². The maximum Gasteiger partial charge on any atom is 0.126 e. The number of benzene rings is 1. The Morgan fingerprint density at radius 2 is 2.15 bits per heavy atom. The summed E-state index contributed by atoms with van der Waals surface area (Å²) < 4.78 is 12.1. The van der Waals surface area contributed by atoms with Gasteiger partial charge in [0, 0.05) is 30.2 Å². The molecule has 1 N–H and O–H groups in total. The van der Waals surface area contributed by atoms with Gasteiger partial charge in [-0.2, -0.15) is 0 Å². The SMILES string of the molecule is C=CCCCOc1c(C)cc(Br)cc1CNCCOC. The third-order valence-electron chi connectivity index (χ3n) is 2.91. The summed E-state index contributed by atoms with van der Waals surface area (Å²) >= 11 is 3.54. The van der Waals surface area contributed by atoms with Crippen molar-refractivity contribution in [2.24, 2.45) is 0 Å². The van der Waals surface area contributed by atoms with Crippen molar-refractivity contribution < 1.29 is 9.47 Å². The number of aryl methyl sites for hydroxylation is 1. The van der Waals surface area contributed by atoms with Gasteiger partial charge in [-0.1, -0.05) is 22.0 Å². The molecule has 0 saturated heterocycles. The summed E-state index contributed by atoms with van der Waals surface area (Å²) in [6.45, 7) is 8.84. The Balaban J connectivity index is 2.66. The lowest BCUT2D eigenvalue weighted by molar-refractivity contribution is 0.199. The minimum absolute atomic E-state index is 0.711. The first-order chi connectivity index (χ1) is 9.69. The second-order valence-corrected chi connectivity index (χ2v) is 5.58. The molecule has 0 saturated carbocycles. The lowest BCUT2D eigenvalue weighted by atomic mass is 10.1. The fourth-order valence-corrected chi connectivity index (χ4v) is 2.56. The van der Waals surface area contributed by atoms with Crippen LogP contribution in [0.4, 0.5) is 0 Å². The molecule has 0 aliphatic heterocycles. The molecule has 0 atom stereocenters. The van der Waals surface area contributed by atoms with Crippen molar-refractivity contribution in [3.8, 4) is 5.75 Å². The van der Waals surface area contributed by atoms with Crippen LogP contribution in [0.1, 0.15) is 24.0 Å². The Bertz CT molecular complexity index is 421. The van der Waals surface area contributed by atoms with Crippen molar-refractivity contribution in [2.45, 2.75) is 26.3 Å². The van der Waals surface area contributed by atoms with Crippen molar-refractivity contribution in [3.63, 3.8) is 0 Å². The third-order valence-corrected chi connectivity index (χ3v) is 3.37. The highest BCUT2D eigenvalue weighted by molar-refractivity contribution is 9.10. The largest absolute Gasteiger partial charge is 0.493 e. The maximum absolute atomic E-state index is 5.94. The Morgan fingerprint density at radius 3 is 2.85 bits per heavy atom. The van der Waals surface area contributed by atoms with Gasteiger partial charge in [0.2, 0.25) is 0 Å². The molecule has 0 spiro atoms. The van der Waals surface area contributed by atoms with Gasteiger partial charge in [-0.05, 0) is 37.5 Å². The summed E-state index contributed by atoms with van der Waals surface area (Å²) in [7, 11) is 1.71. The standard InChI is InChI=1S/C16H24BrNO2/c1-4-5-6-8-20-16-13(2)10-15(17)11-14(16)12-18-7-9-19-3/h4,10-11,18H,1,5-9,12H2,2-3H3. The molecule has 0 aliphatic rings. The van der Waals surface area contributed by atoms with Crippen LogP contribution in [0.5, 0.6) is 5.75 Å². The van der Waals surface area contributed by atoms with Crippen LogP contribution in [0.25, 0.3) is 0 Å². The number of halogens is 1. The molecule has 20 heavy (non-hydrogen) atoms. The molecule has 112 valence electrons. The molecule has 0 amide bonds. The molecule has 1 aromatic carbocycles. The number of nitrogens with one attached hydrogen (secondary N) is 1. The molecule has 0 fully saturated rings. The average Bonchev–Trinajstić information content (AvgIpc) is 2.41. The average molecular weight is 342 g/mol. The number of methoxy groups -OCH3 is 1. The second kappa shape index (κ2) is 9.97. The molecular weight excluding hydrogens is 318 g/mol. The summed E-state index contributed by atoms with van der Waals surface area (Å²) in [6, 6.07) is 4.19. The number of hydrogen-bond donors (Lipinski definition) is 1. The van der Waals surface area contributed by atoms with E-state index in [0.717, 1.165) is 48.3 Å². The van der Waals surface area contributed by atoms with Gasteiger partial charge < -0.3 is 14.8 Å². The zero-order valence-corrected chi connectivity index (χ0v) is 14.0. The van der Waals surface area contributed by atoms with Gasteiger partial charge in [0.05, 0.1) is 13.2 Å². The molecule has 1 rings (SSSR count). The predicted molar refractivity (Wildman–Crippen MR) is 87.4 cm³/mol. The maximum atomic E-state index is 5.94. The van der Waals surface area contributed by atoms with Gasteiger partial charge in [0.15, 0.2) is 0 Å². The van der Waals surface area contributed by atoms with E-state index in [9.17, 15) is 0 Å². The van der Waals surface area contributed by atoms with E-state index in [1.165, 1.54) is 5.56 Å². The van der Waals surface area contributed by atoms with Gasteiger partial charge in [-0.3, -0.25) is 0 Å². The number of ether oxygens (including phenoxy) is 2. The number of allylic oxidation sites excluding steroid dienone is 1. The molecule has 3 nitrogen and oxygen atoms in total. The van der Waals surface area contributed by atoms with Crippen molar-refractivity contribution in [1.82, 2.24) is 5.32 Å². The van der Waals surface area contributed by atoms with Gasteiger partial charge in [-0.15, -0.1) is 6.58 Å². The highest BCUT2D eigenvalue weighted by Crippen LogP contribution is 2.28. The molecule has 0 unspecified atom stereocenters. The monoisotopic (exact) mass is 341 g/mol. The van der Waals surface area contributed by atoms with E-state index in [4.69, 9.17) is 9.47 Å². The van der Waals surface area contributed by atoms with E-state index < -0.39 is 0 Å². The highest BCUT2D eigenvalue weighted by atomic mass is 79.9. The van der Waals surface area contributed by atoms with E-state index in [1.54, 1.807) is 7.11 Å². The van der Waals surface area contributed by atoms with Crippen LogP contribution in [0.2, 0.25) is 0 Å². The van der Waals surface area contributed by atoms with E-state index in [-0.39, 0.29) is 0 Å². The Labute approximate surface area is 130 Å². The molecular formula is C16H24BrNO2. The molecule has 1 aromatic rings. The van der Waals surface area contributed by atoms with Crippen LogP contribution in [-0.4, -0.2) is 26.9 Å². The number of hydrogen-bond acceptors (Lipinski definition) is 3. The minimum atomic E-state index is 0.711. The molecule has 0 aliphatic carbocycles. The topological polar surface area (TPSA) is 30.5 Å². The fourth-order valence-electron chi connectivity index (χ4n) is 1.94. The van der Waals surface area contributed by atoms with E-state index in [0.29, 0.717) is 6.61 Å². The van der Waals surface area contributed by atoms with Crippen molar-refractivity contribution >= 4 is 15.9 Å². The molecule has 0 heterocycles. The van der Waals surface area contributed by atoms with Crippen molar-refractivity contribution in [1.29, 1.82) is 0 Å². The van der Waals surface area contributed by atoms with E-state index in [1.807, 2.05) is 6.08 Å². The fraction of sp³-hybridized carbons (Fsp3) is 0.500. The summed E-state index contributed by atoms with van der Waals surface area (Å²) in [5.41, 5.74) is 2.33. The van der Waals surface area contributed by atoms with Crippen molar-refractivity contribution in [2.75, 3.05) is 26.9 Å². The predicted octanol–water partition coefficient (Wildman–Crippen LogP) is 3.84. The van der Waals surface area contributed by atoms with Crippen LogP contribution < -0.4 is 10.1 Å². The summed E-state index contributed by atoms with van der Waals surface area (Å²) in [4.78, 5) is 0. The first kappa shape index (κ1) is 17.2. The Morgan fingerprint density at radius 1 is 1.35 bits per heavy atom. The first-order valence-electron chi connectivity index (χ1n) is 6.91. The van der Waals surface area contributed by atoms with Gasteiger partial charge in [0.1, 0.15) is 5.75 Å². The number of rotatable bonds is 10. The van der Waals surface area contributed by atoms with Crippen molar-refractivity contribution in [3.05, 3.63) is 40.4 Å². The van der Waals surface area contributed by atoms with Crippen LogP contribution in [0, 0.1) is 6.92 Å². The molecule has 4 heteroatoms. The summed E-state index contributed by atoms with van der Waals surface area (Å²) in [5.74, 6) is 0.988. The lowest BCUT2D eigenvalue weighted by Gasteiger charge is -2.15. The third kappa shape index (κ3) is 6.07. The first-order valence-corrected chi connectivity index (χ1v) is 7.70. The van der Waals surface area contributed by atoms with Gasteiger partial charge >= 0.3 is 0 Å². The normalized spacial score (nSPS) is 10.6. The zero-order valence-electron chi connectivity index (χ0n) is 12.4. The van der Waals surface area contributed by atoms with Crippen LogP contribution in [-0.2, 0) is 11.3 Å². The smallest absolute Gasteiger partial charge is 0.126 e. The summed E-state index contributed by atoms with van der Waals surface area (Å²) in [6.07, 6.45) is 3.90. The Hall–Kier alpha value is -0.840. The molecule has 0 radical (unpaired) electrons. The quantitative estimate of drug-likeness (QED) is 0.518. The Kier molecular flexibility index (Phi) is 8.58.